The number of hydrogen-bond acceptors (Lipinski definition) is 0. The summed E-state index contributed by atoms with van der Waals surface area (Å²) in [6.07, 6.45) is 0. The first-order chi connectivity index (χ1) is 37.2. The lowest BCUT2D eigenvalue weighted by Crippen LogP contribution is -2.28. The molecule has 0 aromatic heterocycles. The van der Waals surface area contributed by atoms with Gasteiger partial charge in [-0.1, -0.05) is 255 Å². The van der Waals surface area contributed by atoms with E-state index in [1.807, 2.05) is 0 Å². The largest absolute Gasteiger partial charge is 0.0725 e. The topological polar surface area (TPSA) is 0 Å². The van der Waals surface area contributed by atoms with E-state index in [2.05, 4.69) is 279 Å². The molecule has 12 aromatic carbocycles. The summed E-state index contributed by atoms with van der Waals surface area (Å²) in [6, 6.07) is 107. The van der Waals surface area contributed by atoms with Gasteiger partial charge in [0.15, 0.2) is 0 Å². The Morgan fingerprint density at radius 1 is 0.147 bits per heavy atom. The number of fused-ring (bicyclic) bond motifs is 23. The standard InChI is InChI=1S/C75H46/c1-9-31-63-53(23-1)54-24-2-10-32-64(54)73(63,51-21-17-19-47(43-51)49-39-41-61-59-29-7-15-37-69(59)74(71(61)45-49)65-33-11-3-25-55(65)56-26-4-12-34-66(56)74)52-22-18-20-48(44-52)50-40-42-62-60-30-8-16-38-70(60)75(72(62)46-50)67-35-13-5-27-57(67)58-28-6-14-36-68(58)75/h1-46H. The molecule has 0 bridgehead atoms. The van der Waals surface area contributed by atoms with Crippen LogP contribution in [0, 0.1) is 0 Å². The third-order valence-electron chi connectivity index (χ3n) is 18.2. The quantitative estimate of drug-likeness (QED) is 0.165. The molecule has 0 aliphatic heterocycles. The number of rotatable bonds is 4. The molecule has 0 amide bonds. The van der Waals surface area contributed by atoms with Gasteiger partial charge in [-0.05, 0) is 169 Å². The molecule has 5 aliphatic rings. The average molecular weight is 947 g/mol. The van der Waals surface area contributed by atoms with Crippen molar-refractivity contribution in [1.82, 2.24) is 0 Å². The van der Waals surface area contributed by atoms with Crippen LogP contribution in [0.3, 0.4) is 0 Å². The summed E-state index contributed by atoms with van der Waals surface area (Å²) in [6.45, 7) is 0. The molecule has 346 valence electrons. The molecule has 0 heterocycles. The molecule has 2 spiro atoms. The van der Waals surface area contributed by atoms with Crippen LogP contribution in [0.4, 0.5) is 0 Å². The van der Waals surface area contributed by atoms with Crippen LogP contribution >= 0.6 is 0 Å². The van der Waals surface area contributed by atoms with Gasteiger partial charge in [-0.2, -0.15) is 0 Å². The van der Waals surface area contributed by atoms with E-state index in [9.17, 15) is 0 Å². The summed E-state index contributed by atoms with van der Waals surface area (Å²) in [5.74, 6) is 0. The highest BCUT2D eigenvalue weighted by molar-refractivity contribution is 5.98. The third-order valence-corrected chi connectivity index (χ3v) is 18.2. The Morgan fingerprint density at radius 3 is 0.653 bits per heavy atom. The molecule has 0 fully saturated rings. The van der Waals surface area contributed by atoms with Gasteiger partial charge in [-0.25, -0.2) is 0 Å². The Morgan fingerprint density at radius 2 is 0.373 bits per heavy atom. The highest BCUT2D eigenvalue weighted by Crippen LogP contribution is 2.65. The highest BCUT2D eigenvalue weighted by atomic mass is 14.5. The molecule has 0 atom stereocenters. The van der Waals surface area contributed by atoms with Gasteiger partial charge < -0.3 is 0 Å². The Balaban J connectivity index is 0.865. The zero-order valence-corrected chi connectivity index (χ0v) is 41.1. The SMILES string of the molecule is c1cc(-c2ccc3c(c2)C2(c4ccccc4-c4ccccc42)c2ccccc2-3)cc(C2(c3cccc(-c4ccc5c(c4)C4(c6ccccc6-c6ccccc64)c4ccccc4-5)c3)c3ccccc3-c3ccccc32)c1. The van der Waals surface area contributed by atoms with Crippen molar-refractivity contribution in [3.8, 4) is 77.9 Å². The second-order valence-corrected chi connectivity index (χ2v) is 21.3. The second-order valence-electron chi connectivity index (χ2n) is 21.3. The molecule has 0 saturated carbocycles. The van der Waals surface area contributed by atoms with Gasteiger partial charge in [-0.15, -0.1) is 0 Å². The lowest BCUT2D eigenvalue weighted by molar-refractivity contribution is 0.769. The van der Waals surface area contributed by atoms with Gasteiger partial charge >= 0.3 is 0 Å². The molecule has 75 heavy (non-hydrogen) atoms. The van der Waals surface area contributed by atoms with Crippen molar-refractivity contribution in [2.45, 2.75) is 16.2 Å². The van der Waals surface area contributed by atoms with Gasteiger partial charge in [0.1, 0.15) is 0 Å². The van der Waals surface area contributed by atoms with E-state index in [1.54, 1.807) is 0 Å². The predicted molar refractivity (Wildman–Crippen MR) is 307 cm³/mol. The molecule has 5 aliphatic carbocycles. The minimum absolute atomic E-state index is 0.414. The van der Waals surface area contributed by atoms with Crippen molar-refractivity contribution in [2.75, 3.05) is 0 Å². The molecule has 0 radical (unpaired) electrons. The number of benzene rings is 12. The highest BCUT2D eigenvalue weighted by Gasteiger charge is 2.53. The van der Waals surface area contributed by atoms with Crippen LogP contribution in [0.15, 0.2) is 279 Å². The fraction of sp³-hybridized carbons (Fsp3) is 0.0400. The van der Waals surface area contributed by atoms with Crippen LogP contribution < -0.4 is 0 Å². The molecular weight excluding hydrogens is 901 g/mol. The third kappa shape index (κ3) is 5.03. The van der Waals surface area contributed by atoms with E-state index in [0.717, 1.165) is 0 Å². The average Bonchev–Trinajstić information content (AvgIpc) is 4.44. The van der Waals surface area contributed by atoms with E-state index >= 15 is 0 Å². The molecule has 0 unspecified atom stereocenters. The lowest BCUT2D eigenvalue weighted by atomic mass is 9.67. The fourth-order valence-electron chi connectivity index (χ4n) is 15.4. The summed E-state index contributed by atoms with van der Waals surface area (Å²) in [5.41, 5.74) is 32.6. The first kappa shape index (κ1) is 41.1. The Kier molecular flexibility index (Phi) is 8.16. The van der Waals surface area contributed by atoms with Crippen LogP contribution in [0.1, 0.15) is 66.8 Å². The Hall–Kier alpha value is -9.36. The molecule has 12 aromatic rings. The van der Waals surface area contributed by atoms with Gasteiger partial charge in [-0.3, -0.25) is 0 Å². The normalized spacial score (nSPS) is 15.0. The minimum atomic E-state index is -0.603. The Bertz CT molecular complexity index is 4030. The maximum Gasteiger partial charge on any atom is 0.0725 e. The number of hydrogen-bond donors (Lipinski definition) is 0. The van der Waals surface area contributed by atoms with Gasteiger partial charge in [0, 0.05) is 0 Å². The van der Waals surface area contributed by atoms with Crippen LogP contribution in [0.5, 0.6) is 0 Å². The Labute approximate surface area is 437 Å². The fourth-order valence-corrected chi connectivity index (χ4v) is 15.4. The zero-order valence-electron chi connectivity index (χ0n) is 41.1. The van der Waals surface area contributed by atoms with E-state index < -0.39 is 16.2 Å². The maximum atomic E-state index is 2.53. The lowest BCUT2D eigenvalue weighted by Gasteiger charge is -2.34. The maximum absolute atomic E-state index is 2.53. The van der Waals surface area contributed by atoms with Crippen molar-refractivity contribution in [3.05, 3.63) is 346 Å². The van der Waals surface area contributed by atoms with Gasteiger partial charge in [0.2, 0.25) is 0 Å². The molecule has 0 saturated heterocycles. The summed E-state index contributed by atoms with van der Waals surface area (Å²) in [5, 5.41) is 0. The summed E-state index contributed by atoms with van der Waals surface area (Å²) < 4.78 is 0. The van der Waals surface area contributed by atoms with Gasteiger partial charge in [0.05, 0.1) is 16.2 Å². The van der Waals surface area contributed by atoms with E-state index in [4.69, 9.17) is 0 Å². The van der Waals surface area contributed by atoms with Gasteiger partial charge in [0.25, 0.3) is 0 Å². The monoisotopic (exact) mass is 946 g/mol. The zero-order chi connectivity index (χ0) is 49.0. The van der Waals surface area contributed by atoms with Crippen molar-refractivity contribution in [3.63, 3.8) is 0 Å². The van der Waals surface area contributed by atoms with Crippen molar-refractivity contribution >= 4 is 0 Å². The molecule has 0 N–H and O–H groups in total. The second kappa shape index (κ2) is 14.9. The molecular formula is C75H46. The van der Waals surface area contributed by atoms with Crippen LogP contribution in [-0.2, 0) is 16.2 Å². The van der Waals surface area contributed by atoms with E-state index in [-0.39, 0.29) is 0 Å². The first-order valence-corrected chi connectivity index (χ1v) is 26.5. The predicted octanol–water partition coefficient (Wildman–Crippen LogP) is 18.1. The molecule has 0 nitrogen and oxygen atoms in total. The van der Waals surface area contributed by atoms with E-state index in [0.29, 0.717) is 0 Å². The smallest absolute Gasteiger partial charge is 0.0619 e. The molecule has 0 heteroatoms. The summed E-state index contributed by atoms with van der Waals surface area (Å²) in [7, 11) is 0. The molecule has 17 rings (SSSR count). The van der Waals surface area contributed by atoms with Crippen LogP contribution in [0.25, 0.3) is 77.9 Å². The first-order valence-electron chi connectivity index (χ1n) is 26.5. The summed E-state index contributed by atoms with van der Waals surface area (Å²) >= 11 is 0. The minimum Gasteiger partial charge on any atom is -0.0619 e. The van der Waals surface area contributed by atoms with Crippen molar-refractivity contribution in [2.24, 2.45) is 0 Å². The van der Waals surface area contributed by atoms with E-state index in [1.165, 1.54) is 145 Å². The van der Waals surface area contributed by atoms with Crippen LogP contribution in [0.2, 0.25) is 0 Å². The van der Waals surface area contributed by atoms with Crippen LogP contribution in [-0.4, -0.2) is 0 Å². The summed E-state index contributed by atoms with van der Waals surface area (Å²) in [4.78, 5) is 0. The van der Waals surface area contributed by atoms with Crippen molar-refractivity contribution in [1.29, 1.82) is 0 Å². The van der Waals surface area contributed by atoms with Crippen molar-refractivity contribution < 1.29 is 0 Å².